The molecule has 2 rings (SSSR count). The van der Waals surface area contributed by atoms with Crippen molar-refractivity contribution in [2.24, 2.45) is 7.05 Å². The van der Waals surface area contributed by atoms with E-state index >= 15 is 0 Å². The van der Waals surface area contributed by atoms with Crippen LogP contribution in [0.2, 0.25) is 0 Å². The molecule has 1 heterocycles. The first-order chi connectivity index (χ1) is 9.88. The topological polar surface area (TPSA) is 108 Å². The molecule has 0 aliphatic heterocycles. The molecule has 1 aromatic carbocycles. The van der Waals surface area contributed by atoms with Crippen LogP contribution in [0.15, 0.2) is 36.7 Å². The first-order valence-electron chi connectivity index (χ1n) is 5.85. The lowest BCUT2D eigenvalue weighted by molar-refractivity contribution is -0.671. The lowest BCUT2D eigenvalue weighted by atomic mass is 10.2. The molecule has 0 radical (unpaired) electrons. The number of nitrogens with zero attached hydrogens (tertiary/aromatic N) is 1. The summed E-state index contributed by atoms with van der Waals surface area (Å²) in [7, 11) is 1.72. The molecule has 0 aliphatic carbocycles. The highest BCUT2D eigenvalue weighted by Crippen LogP contribution is 2.37. The van der Waals surface area contributed by atoms with E-state index < -0.39 is 29.2 Å². The summed E-state index contributed by atoms with van der Waals surface area (Å²) in [4.78, 5) is 22.7. The maximum Gasteiger partial charge on any atom is 0.349 e. The molecule has 7 heteroatoms. The fraction of sp³-hybridized carbons (Fsp3) is 0.0714. The number of phenols is 2. The quantitative estimate of drug-likeness (QED) is 0.439. The number of rotatable bonds is 3. The normalized spacial score (nSPS) is 10.1. The molecule has 0 amide bonds. The van der Waals surface area contributed by atoms with Crippen molar-refractivity contribution in [3.8, 4) is 17.2 Å². The summed E-state index contributed by atoms with van der Waals surface area (Å²) < 4.78 is 6.54. The number of carbonyl (C=O) groups excluding carboxylic acids is 1. The molecule has 0 bridgehead atoms. The summed E-state index contributed by atoms with van der Waals surface area (Å²) in [5.41, 5.74) is -0.114. The highest BCUT2D eigenvalue weighted by molar-refractivity contribution is 5.92. The van der Waals surface area contributed by atoms with E-state index in [4.69, 9.17) is 9.84 Å². The van der Waals surface area contributed by atoms with E-state index in [2.05, 4.69) is 0 Å². The molecule has 0 aliphatic rings. The standard InChI is InChI=1S/C14H11NO6/c1-15-4-2-3-8(7-15)14(20)21-12-10(16)5-9(13(18)19)6-11(12)17/h2-7H,1H3,(H2-,16,17,18,19)/p+1. The summed E-state index contributed by atoms with van der Waals surface area (Å²) in [6.07, 6.45) is 3.22. The molecule has 21 heavy (non-hydrogen) atoms. The van der Waals surface area contributed by atoms with Crippen LogP contribution in [0.1, 0.15) is 20.7 Å². The molecular formula is C14H12NO6+. The zero-order valence-corrected chi connectivity index (χ0v) is 11.0. The fourth-order valence-electron chi connectivity index (χ4n) is 1.69. The molecule has 0 fully saturated rings. The Hall–Kier alpha value is -3.09. The number of hydrogen-bond acceptors (Lipinski definition) is 5. The third-order valence-electron chi connectivity index (χ3n) is 2.67. The second-order valence-electron chi connectivity index (χ2n) is 4.30. The number of carboxylic acid groups (broad SMARTS) is 1. The van der Waals surface area contributed by atoms with Crippen molar-refractivity contribution >= 4 is 11.9 Å². The van der Waals surface area contributed by atoms with Gasteiger partial charge >= 0.3 is 11.9 Å². The summed E-state index contributed by atoms with van der Waals surface area (Å²) >= 11 is 0. The Morgan fingerprint density at radius 3 is 2.29 bits per heavy atom. The van der Waals surface area contributed by atoms with E-state index in [1.54, 1.807) is 23.9 Å². The maximum absolute atomic E-state index is 11.9. The summed E-state index contributed by atoms with van der Waals surface area (Å²) in [6, 6.07) is 4.90. The molecule has 1 aromatic heterocycles. The highest BCUT2D eigenvalue weighted by atomic mass is 16.5. The van der Waals surface area contributed by atoms with Gasteiger partial charge in [0.15, 0.2) is 23.9 Å². The Labute approximate surface area is 119 Å². The van der Waals surface area contributed by atoms with Crippen molar-refractivity contribution in [1.82, 2.24) is 0 Å². The number of pyridine rings is 1. The van der Waals surface area contributed by atoms with E-state index in [0.29, 0.717) is 0 Å². The molecule has 0 unspecified atom stereocenters. The number of carboxylic acids is 1. The van der Waals surface area contributed by atoms with Crippen LogP contribution in [0.4, 0.5) is 0 Å². The fourth-order valence-corrected chi connectivity index (χ4v) is 1.69. The highest BCUT2D eigenvalue weighted by Gasteiger charge is 2.19. The van der Waals surface area contributed by atoms with Gasteiger partial charge in [0.25, 0.3) is 0 Å². The number of phenolic OH excluding ortho intramolecular Hbond substituents is 2. The van der Waals surface area contributed by atoms with Crippen LogP contribution in [0, 0.1) is 0 Å². The number of ether oxygens (including phenoxy) is 1. The van der Waals surface area contributed by atoms with Gasteiger partial charge in [-0.1, -0.05) is 0 Å². The third-order valence-corrected chi connectivity index (χ3v) is 2.67. The van der Waals surface area contributed by atoms with Gasteiger partial charge in [-0.15, -0.1) is 0 Å². The molecule has 0 saturated carbocycles. The smallest absolute Gasteiger partial charge is 0.349 e. The second kappa shape index (κ2) is 5.49. The number of aromatic nitrogens is 1. The molecule has 3 N–H and O–H groups in total. The van der Waals surface area contributed by atoms with Gasteiger partial charge in [-0.25, -0.2) is 14.2 Å². The van der Waals surface area contributed by atoms with Crippen LogP contribution in [-0.2, 0) is 7.05 Å². The van der Waals surface area contributed by atoms with Crippen LogP contribution in [0.5, 0.6) is 17.2 Å². The van der Waals surface area contributed by atoms with Gasteiger partial charge < -0.3 is 20.1 Å². The molecule has 0 atom stereocenters. The van der Waals surface area contributed by atoms with Crippen molar-refractivity contribution < 1.29 is 34.2 Å². The number of hydrogen-bond donors (Lipinski definition) is 3. The molecule has 0 saturated heterocycles. The number of esters is 1. The minimum atomic E-state index is -1.33. The zero-order chi connectivity index (χ0) is 15.6. The van der Waals surface area contributed by atoms with Crippen molar-refractivity contribution in [1.29, 1.82) is 0 Å². The number of aryl methyl sites for hydroxylation is 1. The van der Waals surface area contributed by atoms with Crippen LogP contribution in [-0.4, -0.2) is 27.3 Å². The van der Waals surface area contributed by atoms with E-state index in [9.17, 15) is 19.8 Å². The molecule has 0 spiro atoms. The van der Waals surface area contributed by atoms with Gasteiger partial charge in [0.2, 0.25) is 5.75 Å². The molecule has 2 aromatic rings. The molecule has 7 nitrogen and oxygen atoms in total. The van der Waals surface area contributed by atoms with Gasteiger partial charge in [0, 0.05) is 6.07 Å². The molecular weight excluding hydrogens is 278 g/mol. The Morgan fingerprint density at radius 2 is 1.76 bits per heavy atom. The number of aromatic carboxylic acids is 1. The van der Waals surface area contributed by atoms with Gasteiger partial charge in [-0.2, -0.15) is 0 Å². The van der Waals surface area contributed by atoms with E-state index in [1.165, 1.54) is 12.3 Å². The minimum absolute atomic E-state index is 0.209. The Balaban J connectivity index is 2.32. The van der Waals surface area contributed by atoms with Crippen LogP contribution < -0.4 is 9.30 Å². The number of carbonyl (C=O) groups is 2. The predicted octanol–water partition coefficient (Wildman–Crippen LogP) is 0.840. The SMILES string of the molecule is C[n+]1cccc(C(=O)Oc2c(O)cc(C(=O)O)cc2O)c1. The minimum Gasteiger partial charge on any atom is -0.504 e. The first-order valence-corrected chi connectivity index (χ1v) is 5.85. The van der Waals surface area contributed by atoms with E-state index in [0.717, 1.165) is 12.1 Å². The first kappa shape index (κ1) is 14.3. The van der Waals surface area contributed by atoms with Gasteiger partial charge in [-0.05, 0) is 18.2 Å². The molecule has 108 valence electrons. The van der Waals surface area contributed by atoms with Crippen LogP contribution in [0.25, 0.3) is 0 Å². The van der Waals surface area contributed by atoms with Crippen molar-refractivity contribution in [3.63, 3.8) is 0 Å². The number of aromatic hydroxyl groups is 2. The Morgan fingerprint density at radius 1 is 1.14 bits per heavy atom. The van der Waals surface area contributed by atoms with Crippen LogP contribution >= 0.6 is 0 Å². The lowest BCUT2D eigenvalue weighted by Crippen LogP contribution is -2.28. The Bertz CT molecular complexity index is 702. The summed E-state index contributed by atoms with van der Waals surface area (Å²) in [5.74, 6) is -3.88. The van der Waals surface area contributed by atoms with Crippen molar-refractivity contribution in [3.05, 3.63) is 47.8 Å². The summed E-state index contributed by atoms with van der Waals surface area (Å²) in [6.45, 7) is 0. The van der Waals surface area contributed by atoms with Gasteiger partial charge in [-0.3, -0.25) is 0 Å². The van der Waals surface area contributed by atoms with Crippen molar-refractivity contribution in [2.45, 2.75) is 0 Å². The average Bonchev–Trinajstić information content (AvgIpc) is 2.42. The third kappa shape index (κ3) is 3.08. The van der Waals surface area contributed by atoms with E-state index in [-0.39, 0.29) is 11.1 Å². The lowest BCUT2D eigenvalue weighted by Gasteiger charge is -2.08. The second-order valence-corrected chi connectivity index (χ2v) is 4.30. The summed E-state index contributed by atoms with van der Waals surface area (Å²) in [5, 5.41) is 28.1. The predicted molar refractivity (Wildman–Crippen MR) is 69.3 cm³/mol. The number of benzene rings is 1. The van der Waals surface area contributed by atoms with E-state index in [1.807, 2.05) is 0 Å². The Kier molecular flexibility index (Phi) is 3.75. The van der Waals surface area contributed by atoms with Gasteiger partial charge in [0.1, 0.15) is 12.6 Å². The zero-order valence-electron chi connectivity index (χ0n) is 11.0. The maximum atomic E-state index is 11.9. The largest absolute Gasteiger partial charge is 0.504 e. The monoisotopic (exact) mass is 290 g/mol. The van der Waals surface area contributed by atoms with Crippen LogP contribution in [0.3, 0.4) is 0 Å². The van der Waals surface area contributed by atoms with Crippen molar-refractivity contribution in [2.75, 3.05) is 0 Å². The van der Waals surface area contributed by atoms with Gasteiger partial charge in [0.05, 0.1) is 5.56 Å². The average molecular weight is 290 g/mol.